The van der Waals surface area contributed by atoms with Gasteiger partial charge in [0.05, 0.1) is 24.5 Å². The minimum absolute atomic E-state index is 0.282. The lowest BCUT2D eigenvalue weighted by Crippen LogP contribution is -2.33. The third kappa shape index (κ3) is 3.16. The third-order valence-corrected chi connectivity index (χ3v) is 5.10. The van der Waals surface area contributed by atoms with Gasteiger partial charge in [-0.05, 0) is 68.3 Å². The Balaban J connectivity index is 1.88. The molecule has 0 unspecified atom stereocenters. The first-order valence-corrected chi connectivity index (χ1v) is 9.06. The van der Waals surface area contributed by atoms with E-state index >= 15 is 0 Å². The predicted octanol–water partition coefficient (Wildman–Crippen LogP) is 4.34. The lowest BCUT2D eigenvalue weighted by molar-refractivity contribution is 0.0239. The number of para-hydroxylation sites is 1. The van der Waals surface area contributed by atoms with Crippen molar-refractivity contribution in [3.05, 3.63) is 44.3 Å². The van der Waals surface area contributed by atoms with Crippen molar-refractivity contribution in [2.24, 2.45) is 0 Å². The molecule has 2 heterocycles. The van der Waals surface area contributed by atoms with Crippen LogP contribution in [0.25, 0.3) is 5.69 Å². The van der Waals surface area contributed by atoms with E-state index in [0.717, 1.165) is 20.6 Å². The number of fused-ring (bicyclic) bond motifs is 1. The van der Waals surface area contributed by atoms with Gasteiger partial charge in [0.1, 0.15) is 9.30 Å². The molecule has 0 aliphatic carbocycles. The highest BCUT2D eigenvalue weighted by Crippen LogP contribution is 2.31. The molecule has 0 fully saturated rings. The largest absolute Gasteiger partial charge is 0.444 e. The van der Waals surface area contributed by atoms with Gasteiger partial charge < -0.3 is 4.74 Å². The molecule has 1 aliphatic heterocycles. The van der Waals surface area contributed by atoms with Crippen LogP contribution in [0.4, 0.5) is 4.79 Å². The van der Waals surface area contributed by atoms with Gasteiger partial charge >= 0.3 is 6.09 Å². The molecular formula is C18H22IN3O2. The first kappa shape index (κ1) is 17.3. The Morgan fingerprint density at radius 1 is 1.21 bits per heavy atom. The number of amides is 1. The second-order valence-electron chi connectivity index (χ2n) is 7.20. The predicted molar refractivity (Wildman–Crippen MR) is 101 cm³/mol. The number of hydrogen-bond acceptors (Lipinski definition) is 3. The maximum Gasteiger partial charge on any atom is 0.410 e. The Morgan fingerprint density at radius 2 is 1.83 bits per heavy atom. The van der Waals surface area contributed by atoms with Gasteiger partial charge in [-0.3, -0.25) is 4.90 Å². The maximum absolute atomic E-state index is 12.3. The van der Waals surface area contributed by atoms with Crippen LogP contribution in [0.15, 0.2) is 18.2 Å². The lowest BCUT2D eigenvalue weighted by atomic mass is 10.1. The first-order chi connectivity index (χ1) is 11.2. The highest BCUT2D eigenvalue weighted by Gasteiger charge is 2.32. The summed E-state index contributed by atoms with van der Waals surface area (Å²) in [5.74, 6) is 0. The number of ether oxygens (including phenoxy) is 1. The first-order valence-electron chi connectivity index (χ1n) is 7.98. The van der Waals surface area contributed by atoms with Crippen LogP contribution in [-0.4, -0.2) is 26.4 Å². The summed E-state index contributed by atoms with van der Waals surface area (Å²) in [6, 6.07) is 6.25. The Kier molecular flexibility index (Phi) is 4.36. The molecule has 0 bridgehead atoms. The molecule has 0 radical (unpaired) electrons. The molecule has 128 valence electrons. The molecule has 1 aromatic carbocycles. The number of aryl methyl sites for hydroxylation is 2. The molecule has 2 aromatic rings. The van der Waals surface area contributed by atoms with Crippen molar-refractivity contribution in [3.8, 4) is 5.69 Å². The van der Waals surface area contributed by atoms with Crippen LogP contribution in [-0.2, 0) is 17.8 Å². The van der Waals surface area contributed by atoms with Crippen molar-refractivity contribution < 1.29 is 9.53 Å². The van der Waals surface area contributed by atoms with E-state index in [1.165, 1.54) is 11.1 Å². The SMILES string of the molecule is Cc1cccc(C)c1-n1nc2c(c1I)CN(C(=O)OC(C)(C)C)C2. The monoisotopic (exact) mass is 439 g/mol. The van der Waals surface area contributed by atoms with Crippen LogP contribution in [0.3, 0.4) is 0 Å². The highest BCUT2D eigenvalue weighted by atomic mass is 127. The number of benzene rings is 1. The summed E-state index contributed by atoms with van der Waals surface area (Å²) in [6.45, 7) is 10.9. The molecule has 6 heteroatoms. The molecule has 0 spiro atoms. The summed E-state index contributed by atoms with van der Waals surface area (Å²) in [6.07, 6.45) is -0.282. The van der Waals surface area contributed by atoms with Crippen molar-refractivity contribution >= 4 is 28.7 Å². The number of hydrogen-bond donors (Lipinski definition) is 0. The standard InChI is InChI=1S/C18H22IN3O2/c1-11-7-6-8-12(2)15(11)22-16(19)13-9-21(10-14(13)20-22)17(23)24-18(3,4)5/h6-8H,9-10H2,1-5H3. The minimum Gasteiger partial charge on any atom is -0.444 e. The summed E-state index contributed by atoms with van der Waals surface area (Å²) in [7, 11) is 0. The number of rotatable bonds is 1. The van der Waals surface area contributed by atoms with Gasteiger partial charge in [-0.1, -0.05) is 18.2 Å². The van der Waals surface area contributed by atoms with E-state index in [1.54, 1.807) is 4.90 Å². The summed E-state index contributed by atoms with van der Waals surface area (Å²) >= 11 is 2.32. The van der Waals surface area contributed by atoms with Crippen molar-refractivity contribution in [2.75, 3.05) is 0 Å². The van der Waals surface area contributed by atoms with Gasteiger partial charge in [0.15, 0.2) is 0 Å². The van der Waals surface area contributed by atoms with E-state index in [-0.39, 0.29) is 6.09 Å². The fraction of sp³-hybridized carbons (Fsp3) is 0.444. The third-order valence-electron chi connectivity index (χ3n) is 4.00. The Labute approximate surface area is 156 Å². The number of carbonyl (C=O) groups excluding carboxylic acids is 1. The normalized spacial score (nSPS) is 14.0. The van der Waals surface area contributed by atoms with E-state index in [1.807, 2.05) is 25.5 Å². The quantitative estimate of drug-likeness (QED) is 0.621. The van der Waals surface area contributed by atoms with Crippen LogP contribution in [0.5, 0.6) is 0 Å². The average molecular weight is 439 g/mol. The molecule has 3 rings (SSSR count). The smallest absolute Gasteiger partial charge is 0.410 e. The van der Waals surface area contributed by atoms with Crippen LogP contribution in [0.1, 0.15) is 43.2 Å². The zero-order chi connectivity index (χ0) is 17.6. The Morgan fingerprint density at radius 3 is 2.38 bits per heavy atom. The van der Waals surface area contributed by atoms with Crippen molar-refractivity contribution in [1.29, 1.82) is 0 Å². The Bertz CT molecular complexity index is 785. The van der Waals surface area contributed by atoms with Gasteiger partial charge in [0.25, 0.3) is 0 Å². The molecular weight excluding hydrogens is 417 g/mol. The summed E-state index contributed by atoms with van der Waals surface area (Å²) in [5, 5.41) is 4.77. The topological polar surface area (TPSA) is 47.4 Å². The second-order valence-corrected chi connectivity index (χ2v) is 8.23. The molecule has 0 saturated carbocycles. The van der Waals surface area contributed by atoms with Crippen LogP contribution in [0.2, 0.25) is 0 Å². The summed E-state index contributed by atoms with van der Waals surface area (Å²) in [5.41, 5.74) is 5.09. The van der Waals surface area contributed by atoms with E-state index in [2.05, 4.69) is 54.6 Å². The lowest BCUT2D eigenvalue weighted by Gasteiger charge is -2.24. The number of aromatic nitrogens is 2. The van der Waals surface area contributed by atoms with Gasteiger partial charge in [-0.2, -0.15) is 5.10 Å². The van der Waals surface area contributed by atoms with E-state index in [4.69, 9.17) is 9.84 Å². The molecule has 24 heavy (non-hydrogen) atoms. The molecule has 0 atom stereocenters. The van der Waals surface area contributed by atoms with Crippen molar-refractivity contribution in [2.45, 2.75) is 53.3 Å². The zero-order valence-corrected chi connectivity index (χ0v) is 16.8. The number of nitrogens with zero attached hydrogens (tertiary/aromatic N) is 3. The summed E-state index contributed by atoms with van der Waals surface area (Å²) < 4.78 is 8.53. The fourth-order valence-corrected chi connectivity index (χ4v) is 3.76. The number of halogens is 1. The minimum atomic E-state index is -0.484. The van der Waals surface area contributed by atoms with Gasteiger partial charge in [-0.25, -0.2) is 9.48 Å². The maximum atomic E-state index is 12.3. The summed E-state index contributed by atoms with van der Waals surface area (Å²) in [4.78, 5) is 14.0. The molecule has 1 aromatic heterocycles. The van der Waals surface area contributed by atoms with Crippen LogP contribution >= 0.6 is 22.6 Å². The average Bonchev–Trinajstić information content (AvgIpc) is 2.98. The second kappa shape index (κ2) is 6.06. The molecule has 0 saturated heterocycles. The van der Waals surface area contributed by atoms with Gasteiger partial charge in [0.2, 0.25) is 0 Å². The van der Waals surface area contributed by atoms with Crippen LogP contribution < -0.4 is 0 Å². The fourth-order valence-electron chi connectivity index (χ4n) is 2.93. The van der Waals surface area contributed by atoms with E-state index in [0.29, 0.717) is 13.1 Å². The van der Waals surface area contributed by atoms with Crippen molar-refractivity contribution in [3.63, 3.8) is 0 Å². The number of carbonyl (C=O) groups is 1. The van der Waals surface area contributed by atoms with E-state index < -0.39 is 5.60 Å². The highest BCUT2D eigenvalue weighted by molar-refractivity contribution is 14.1. The van der Waals surface area contributed by atoms with Gasteiger partial charge in [0, 0.05) is 5.56 Å². The van der Waals surface area contributed by atoms with E-state index in [9.17, 15) is 4.79 Å². The van der Waals surface area contributed by atoms with Crippen molar-refractivity contribution in [1.82, 2.24) is 14.7 Å². The van der Waals surface area contributed by atoms with Crippen LogP contribution in [0, 0.1) is 17.5 Å². The zero-order valence-electron chi connectivity index (χ0n) is 14.7. The molecule has 1 amide bonds. The molecule has 1 aliphatic rings. The molecule has 5 nitrogen and oxygen atoms in total. The van der Waals surface area contributed by atoms with Gasteiger partial charge in [-0.15, -0.1) is 0 Å². The molecule has 0 N–H and O–H groups in total. The Hall–Kier alpha value is -1.57.